The average molecular weight is 282 g/mol. The first-order valence-electron chi connectivity index (χ1n) is 5.92. The normalized spacial score (nSPS) is 12.1. The first-order chi connectivity index (χ1) is 8.38. The lowest BCUT2D eigenvalue weighted by molar-refractivity contribution is 0.574. The van der Waals surface area contributed by atoms with E-state index in [2.05, 4.69) is 55.1 Å². The molecule has 2 aromatic rings. The predicted octanol–water partition coefficient (Wildman–Crippen LogP) is 3.78. The summed E-state index contributed by atoms with van der Waals surface area (Å²) in [6.45, 7) is 10.7. The van der Waals surface area contributed by atoms with Gasteiger partial charge < -0.3 is 5.32 Å². The van der Waals surface area contributed by atoms with E-state index in [0.29, 0.717) is 6.04 Å². The van der Waals surface area contributed by atoms with Gasteiger partial charge in [0.15, 0.2) is 5.01 Å². The molecule has 0 saturated heterocycles. The van der Waals surface area contributed by atoms with E-state index in [1.54, 1.807) is 22.7 Å². The van der Waals surface area contributed by atoms with E-state index in [4.69, 9.17) is 0 Å². The number of hydrogen-bond acceptors (Lipinski definition) is 6. The summed E-state index contributed by atoms with van der Waals surface area (Å²) < 4.78 is 0. The Morgan fingerprint density at radius 1 is 1.22 bits per heavy atom. The van der Waals surface area contributed by atoms with Crippen LogP contribution in [-0.2, 0) is 5.41 Å². The zero-order chi connectivity index (χ0) is 13.3. The van der Waals surface area contributed by atoms with Gasteiger partial charge in [-0.05, 0) is 13.8 Å². The number of anilines is 1. The number of nitrogens with zero attached hydrogens (tertiary/aromatic N) is 3. The fraction of sp³-hybridized carbons (Fsp3) is 0.583. The zero-order valence-electron chi connectivity index (χ0n) is 11.3. The van der Waals surface area contributed by atoms with Crippen molar-refractivity contribution in [1.82, 2.24) is 15.2 Å². The summed E-state index contributed by atoms with van der Waals surface area (Å²) in [6.07, 6.45) is 0. The molecule has 0 amide bonds. The van der Waals surface area contributed by atoms with Crippen molar-refractivity contribution in [2.24, 2.45) is 0 Å². The summed E-state index contributed by atoms with van der Waals surface area (Å²) in [5.74, 6) is 0. The zero-order valence-corrected chi connectivity index (χ0v) is 12.9. The van der Waals surface area contributed by atoms with Crippen molar-refractivity contribution in [2.75, 3.05) is 5.32 Å². The van der Waals surface area contributed by atoms with Gasteiger partial charge in [0.1, 0.15) is 0 Å². The lowest BCUT2D eigenvalue weighted by atomic mass is 9.91. The fourth-order valence-electron chi connectivity index (χ4n) is 1.55. The molecule has 0 atom stereocenters. The molecule has 6 heteroatoms. The largest absolute Gasteiger partial charge is 0.358 e. The average Bonchev–Trinajstić information content (AvgIpc) is 2.81. The van der Waals surface area contributed by atoms with Crippen LogP contribution in [0.5, 0.6) is 0 Å². The van der Waals surface area contributed by atoms with Gasteiger partial charge in [-0.25, -0.2) is 4.98 Å². The lowest BCUT2D eigenvalue weighted by Gasteiger charge is -2.16. The van der Waals surface area contributed by atoms with Crippen molar-refractivity contribution in [1.29, 1.82) is 0 Å². The van der Waals surface area contributed by atoms with Gasteiger partial charge in [0.25, 0.3) is 0 Å². The SMILES string of the molecule is CC(C)Nc1nnc(-c2scnc2C(C)(C)C)s1. The maximum absolute atomic E-state index is 4.47. The van der Waals surface area contributed by atoms with Crippen LogP contribution >= 0.6 is 22.7 Å². The molecule has 0 spiro atoms. The molecule has 0 aliphatic rings. The van der Waals surface area contributed by atoms with Gasteiger partial charge >= 0.3 is 0 Å². The Balaban J connectivity index is 2.32. The summed E-state index contributed by atoms with van der Waals surface area (Å²) in [5.41, 5.74) is 3.01. The molecule has 1 N–H and O–H groups in total. The Hall–Kier alpha value is -1.01. The maximum atomic E-state index is 4.47. The predicted molar refractivity (Wildman–Crippen MR) is 78.5 cm³/mol. The van der Waals surface area contributed by atoms with Crippen molar-refractivity contribution in [2.45, 2.75) is 46.1 Å². The highest BCUT2D eigenvalue weighted by Crippen LogP contribution is 2.37. The molecule has 4 nitrogen and oxygen atoms in total. The standard InChI is InChI=1S/C12H18N4S2/c1-7(2)14-11-16-15-10(18-11)8-9(12(3,4)5)13-6-17-8/h6-7H,1-5H3,(H,14,16). The van der Waals surface area contributed by atoms with Crippen LogP contribution in [0.2, 0.25) is 0 Å². The summed E-state index contributed by atoms with van der Waals surface area (Å²) in [5, 5.41) is 13.5. The van der Waals surface area contributed by atoms with Crippen LogP contribution in [0.3, 0.4) is 0 Å². The Morgan fingerprint density at radius 3 is 2.56 bits per heavy atom. The second-order valence-electron chi connectivity index (χ2n) is 5.49. The Bertz CT molecular complexity index is 522. The Labute approximate surface area is 116 Å². The van der Waals surface area contributed by atoms with Gasteiger partial charge in [-0.1, -0.05) is 32.1 Å². The molecule has 0 unspecified atom stereocenters. The molecule has 0 radical (unpaired) electrons. The summed E-state index contributed by atoms with van der Waals surface area (Å²) in [6, 6.07) is 0.370. The van der Waals surface area contributed by atoms with Gasteiger partial charge in [-0.2, -0.15) is 0 Å². The highest BCUT2D eigenvalue weighted by molar-refractivity contribution is 7.22. The van der Waals surface area contributed by atoms with Crippen molar-refractivity contribution in [3.8, 4) is 9.88 Å². The summed E-state index contributed by atoms with van der Waals surface area (Å²) in [4.78, 5) is 5.61. The van der Waals surface area contributed by atoms with Crippen LogP contribution in [0, 0.1) is 0 Å². The second-order valence-corrected chi connectivity index (χ2v) is 7.32. The molecule has 0 bridgehead atoms. The minimum Gasteiger partial charge on any atom is -0.358 e. The molecule has 2 rings (SSSR count). The van der Waals surface area contributed by atoms with Gasteiger partial charge in [-0.15, -0.1) is 21.5 Å². The van der Waals surface area contributed by atoms with E-state index in [0.717, 1.165) is 20.7 Å². The topological polar surface area (TPSA) is 50.7 Å². The van der Waals surface area contributed by atoms with Crippen LogP contribution < -0.4 is 5.32 Å². The highest BCUT2D eigenvalue weighted by Gasteiger charge is 2.23. The van der Waals surface area contributed by atoms with E-state index >= 15 is 0 Å². The van der Waals surface area contributed by atoms with E-state index in [1.165, 1.54) is 0 Å². The van der Waals surface area contributed by atoms with Crippen LogP contribution in [0.4, 0.5) is 5.13 Å². The van der Waals surface area contributed by atoms with Crippen LogP contribution in [0.1, 0.15) is 40.3 Å². The molecule has 0 aliphatic heterocycles. The molecule has 18 heavy (non-hydrogen) atoms. The van der Waals surface area contributed by atoms with Crippen molar-refractivity contribution < 1.29 is 0 Å². The summed E-state index contributed by atoms with van der Waals surface area (Å²) >= 11 is 3.22. The van der Waals surface area contributed by atoms with Crippen LogP contribution in [0.15, 0.2) is 5.51 Å². The molecule has 2 aromatic heterocycles. The highest BCUT2D eigenvalue weighted by atomic mass is 32.1. The van der Waals surface area contributed by atoms with Crippen LogP contribution in [-0.4, -0.2) is 21.2 Å². The van der Waals surface area contributed by atoms with Crippen molar-refractivity contribution in [3.05, 3.63) is 11.2 Å². The molecule has 0 fully saturated rings. The smallest absolute Gasteiger partial charge is 0.206 e. The van der Waals surface area contributed by atoms with Gasteiger partial charge in [-0.3, -0.25) is 0 Å². The van der Waals surface area contributed by atoms with Crippen LogP contribution in [0.25, 0.3) is 9.88 Å². The Kier molecular flexibility index (Phi) is 3.68. The summed E-state index contributed by atoms with van der Waals surface area (Å²) in [7, 11) is 0. The lowest BCUT2D eigenvalue weighted by Crippen LogP contribution is -2.12. The van der Waals surface area contributed by atoms with E-state index in [1.807, 2.05) is 5.51 Å². The number of rotatable bonds is 3. The first kappa shape index (κ1) is 13.4. The molecule has 0 aromatic carbocycles. The van der Waals surface area contributed by atoms with E-state index < -0.39 is 0 Å². The molecule has 98 valence electrons. The minimum absolute atomic E-state index is 0.0344. The number of aromatic nitrogens is 3. The molecular formula is C12H18N4S2. The van der Waals surface area contributed by atoms with E-state index in [-0.39, 0.29) is 5.41 Å². The maximum Gasteiger partial charge on any atom is 0.206 e. The van der Waals surface area contributed by atoms with Crippen molar-refractivity contribution in [3.63, 3.8) is 0 Å². The fourth-order valence-corrected chi connectivity index (χ4v) is 3.53. The molecule has 2 heterocycles. The van der Waals surface area contributed by atoms with Gasteiger partial charge in [0.2, 0.25) is 5.13 Å². The second kappa shape index (κ2) is 4.93. The Morgan fingerprint density at radius 2 is 1.94 bits per heavy atom. The first-order valence-corrected chi connectivity index (χ1v) is 7.62. The number of hydrogen-bond donors (Lipinski definition) is 1. The number of thiazole rings is 1. The molecule has 0 saturated carbocycles. The van der Waals surface area contributed by atoms with E-state index in [9.17, 15) is 0 Å². The third-order valence-corrected chi connectivity index (χ3v) is 4.14. The third kappa shape index (κ3) is 2.87. The molecule has 0 aliphatic carbocycles. The number of nitrogens with one attached hydrogen (secondary N) is 1. The monoisotopic (exact) mass is 282 g/mol. The minimum atomic E-state index is 0.0344. The van der Waals surface area contributed by atoms with Gasteiger partial charge in [0.05, 0.1) is 16.1 Å². The molecular weight excluding hydrogens is 264 g/mol. The quantitative estimate of drug-likeness (QED) is 0.930. The van der Waals surface area contributed by atoms with Crippen molar-refractivity contribution >= 4 is 27.8 Å². The van der Waals surface area contributed by atoms with Gasteiger partial charge in [0, 0.05) is 11.5 Å². The third-order valence-electron chi connectivity index (χ3n) is 2.31.